The van der Waals surface area contributed by atoms with Crippen molar-refractivity contribution < 1.29 is 4.79 Å². The minimum Gasteiger partial charge on any atom is -0.389 e. The van der Waals surface area contributed by atoms with E-state index in [4.69, 9.17) is 29.6 Å². The van der Waals surface area contributed by atoms with Crippen LogP contribution in [0.5, 0.6) is 0 Å². The molecule has 0 spiro atoms. The Bertz CT molecular complexity index is 698. The summed E-state index contributed by atoms with van der Waals surface area (Å²) in [6, 6.07) is 12.6. The van der Waals surface area contributed by atoms with Gasteiger partial charge >= 0.3 is 0 Å². The van der Waals surface area contributed by atoms with E-state index in [1.54, 1.807) is 42.3 Å². The van der Waals surface area contributed by atoms with Gasteiger partial charge in [0.1, 0.15) is 4.99 Å². The van der Waals surface area contributed by atoms with Crippen LogP contribution in [0.1, 0.15) is 21.5 Å². The van der Waals surface area contributed by atoms with Gasteiger partial charge in [0.25, 0.3) is 5.91 Å². The number of rotatable bonds is 3. The second kappa shape index (κ2) is 6.24. The largest absolute Gasteiger partial charge is 0.389 e. The van der Waals surface area contributed by atoms with Crippen molar-refractivity contribution in [2.45, 2.75) is 6.92 Å². The summed E-state index contributed by atoms with van der Waals surface area (Å²) >= 11 is 11.1. The second-order valence-corrected chi connectivity index (χ2v) is 5.53. The molecule has 2 rings (SSSR count). The van der Waals surface area contributed by atoms with Gasteiger partial charge in [-0.05, 0) is 42.8 Å². The number of hydrogen-bond donors (Lipinski definition) is 1. The molecule has 0 fully saturated rings. The van der Waals surface area contributed by atoms with E-state index in [-0.39, 0.29) is 5.91 Å². The number of hydrogen-bond acceptors (Lipinski definition) is 2. The van der Waals surface area contributed by atoms with Crippen molar-refractivity contribution >= 4 is 40.4 Å². The van der Waals surface area contributed by atoms with Crippen molar-refractivity contribution in [3.05, 3.63) is 64.2 Å². The Morgan fingerprint density at radius 1 is 1.19 bits per heavy atom. The van der Waals surface area contributed by atoms with Gasteiger partial charge < -0.3 is 10.6 Å². The third-order valence-corrected chi connectivity index (χ3v) is 4.00. The van der Waals surface area contributed by atoms with Crippen LogP contribution in [0.25, 0.3) is 0 Å². The molecular weight excluding hydrogens is 304 g/mol. The van der Waals surface area contributed by atoms with Gasteiger partial charge in [-0.15, -0.1) is 0 Å². The van der Waals surface area contributed by atoms with Gasteiger partial charge in [0.05, 0.1) is 10.6 Å². The summed E-state index contributed by atoms with van der Waals surface area (Å²) in [5, 5.41) is 0.481. The van der Waals surface area contributed by atoms with Gasteiger partial charge in [0.2, 0.25) is 0 Å². The van der Waals surface area contributed by atoms with E-state index < -0.39 is 0 Å². The van der Waals surface area contributed by atoms with E-state index in [0.29, 0.717) is 15.6 Å². The SMILES string of the molecule is Cc1cccc(C(=O)N(C)c2ccc(C(N)=S)cc2)c1Cl. The van der Waals surface area contributed by atoms with Gasteiger partial charge in [-0.2, -0.15) is 0 Å². The third kappa shape index (κ3) is 3.23. The molecule has 2 aromatic carbocycles. The van der Waals surface area contributed by atoms with E-state index in [1.807, 2.05) is 19.1 Å². The molecule has 2 N–H and O–H groups in total. The zero-order valence-corrected chi connectivity index (χ0v) is 13.3. The van der Waals surface area contributed by atoms with E-state index >= 15 is 0 Å². The molecule has 0 saturated carbocycles. The van der Waals surface area contributed by atoms with Crippen LogP contribution in [-0.4, -0.2) is 17.9 Å². The first-order valence-corrected chi connectivity index (χ1v) is 7.13. The highest BCUT2D eigenvalue weighted by atomic mass is 35.5. The third-order valence-electron chi connectivity index (χ3n) is 3.27. The Kier molecular flexibility index (Phi) is 4.60. The average molecular weight is 319 g/mol. The fourth-order valence-corrected chi connectivity index (χ4v) is 2.30. The molecule has 0 heterocycles. The van der Waals surface area contributed by atoms with Crippen molar-refractivity contribution in [1.82, 2.24) is 0 Å². The first kappa shape index (κ1) is 15.5. The fourth-order valence-electron chi connectivity index (χ4n) is 1.96. The maximum atomic E-state index is 12.5. The smallest absolute Gasteiger partial charge is 0.259 e. The zero-order valence-electron chi connectivity index (χ0n) is 11.8. The number of carbonyl (C=O) groups excluding carboxylic acids is 1. The molecule has 0 aliphatic rings. The lowest BCUT2D eigenvalue weighted by Gasteiger charge is -2.19. The quantitative estimate of drug-likeness (QED) is 0.880. The first-order chi connectivity index (χ1) is 9.91. The molecule has 0 bridgehead atoms. The van der Waals surface area contributed by atoms with E-state index in [1.165, 1.54) is 0 Å². The molecule has 0 aromatic heterocycles. The lowest BCUT2D eigenvalue weighted by molar-refractivity contribution is 0.0993. The zero-order chi connectivity index (χ0) is 15.6. The summed E-state index contributed by atoms with van der Waals surface area (Å²) < 4.78 is 0. The minimum absolute atomic E-state index is 0.160. The molecule has 0 aliphatic carbocycles. The van der Waals surface area contributed by atoms with Gasteiger partial charge in [0, 0.05) is 18.3 Å². The first-order valence-electron chi connectivity index (χ1n) is 6.35. The number of aryl methyl sites for hydroxylation is 1. The molecule has 0 atom stereocenters. The maximum absolute atomic E-state index is 12.5. The normalized spacial score (nSPS) is 10.2. The molecule has 1 amide bonds. The molecule has 0 aliphatic heterocycles. The topological polar surface area (TPSA) is 46.3 Å². The number of anilines is 1. The predicted molar refractivity (Wildman–Crippen MR) is 91.3 cm³/mol. The van der Waals surface area contributed by atoms with Gasteiger partial charge in [-0.25, -0.2) is 0 Å². The highest BCUT2D eigenvalue weighted by Crippen LogP contribution is 2.24. The molecule has 0 unspecified atom stereocenters. The van der Waals surface area contributed by atoms with Crippen LogP contribution in [0.4, 0.5) is 5.69 Å². The molecule has 5 heteroatoms. The van der Waals surface area contributed by atoms with Crippen molar-refractivity contribution in [3.8, 4) is 0 Å². The molecule has 108 valence electrons. The van der Waals surface area contributed by atoms with Gasteiger partial charge in [-0.1, -0.05) is 36.0 Å². The summed E-state index contributed by atoms with van der Waals surface area (Å²) in [6.07, 6.45) is 0. The predicted octanol–water partition coefficient (Wildman–Crippen LogP) is 3.56. The summed E-state index contributed by atoms with van der Waals surface area (Å²) in [5.74, 6) is -0.160. The lowest BCUT2D eigenvalue weighted by atomic mass is 10.1. The van der Waals surface area contributed by atoms with Crippen LogP contribution in [0.3, 0.4) is 0 Å². The number of nitrogens with two attached hydrogens (primary N) is 1. The number of thiocarbonyl (C=S) groups is 1. The molecular formula is C16H15ClN2OS. The van der Waals surface area contributed by atoms with Crippen LogP contribution in [0.15, 0.2) is 42.5 Å². The summed E-state index contributed by atoms with van der Waals surface area (Å²) in [7, 11) is 1.71. The highest BCUT2D eigenvalue weighted by Gasteiger charge is 2.17. The van der Waals surface area contributed by atoms with E-state index in [0.717, 1.165) is 16.8 Å². The number of carbonyl (C=O) groups is 1. The molecule has 0 radical (unpaired) electrons. The number of halogens is 1. The van der Waals surface area contributed by atoms with Gasteiger partial charge in [0.15, 0.2) is 0 Å². The van der Waals surface area contributed by atoms with Crippen molar-refractivity contribution in [2.75, 3.05) is 11.9 Å². The fraction of sp³-hybridized carbons (Fsp3) is 0.125. The lowest BCUT2D eigenvalue weighted by Crippen LogP contribution is -2.26. The van der Waals surface area contributed by atoms with Crippen LogP contribution in [0.2, 0.25) is 5.02 Å². The number of nitrogens with zero attached hydrogens (tertiary/aromatic N) is 1. The summed E-state index contributed by atoms with van der Waals surface area (Å²) in [6.45, 7) is 1.87. The van der Waals surface area contributed by atoms with Crippen LogP contribution in [-0.2, 0) is 0 Å². The average Bonchev–Trinajstić information content (AvgIpc) is 2.48. The molecule has 2 aromatic rings. The van der Waals surface area contributed by atoms with Crippen molar-refractivity contribution in [3.63, 3.8) is 0 Å². The standard InChI is InChI=1S/C16H15ClN2OS/c1-10-4-3-5-13(14(10)17)16(20)19(2)12-8-6-11(7-9-12)15(18)21/h3-9H,1-2H3,(H2,18,21). The van der Waals surface area contributed by atoms with Gasteiger partial charge in [-0.3, -0.25) is 4.79 Å². The number of amides is 1. The van der Waals surface area contributed by atoms with Crippen molar-refractivity contribution in [2.24, 2.45) is 5.73 Å². The molecule has 0 saturated heterocycles. The Balaban J connectivity index is 2.30. The number of benzene rings is 2. The highest BCUT2D eigenvalue weighted by molar-refractivity contribution is 7.80. The Labute approximate surface area is 134 Å². The van der Waals surface area contributed by atoms with E-state index in [9.17, 15) is 4.79 Å². The van der Waals surface area contributed by atoms with E-state index in [2.05, 4.69) is 0 Å². The molecule has 21 heavy (non-hydrogen) atoms. The molecule has 3 nitrogen and oxygen atoms in total. The summed E-state index contributed by atoms with van der Waals surface area (Å²) in [5.41, 5.74) is 8.43. The Morgan fingerprint density at radius 3 is 2.38 bits per heavy atom. The Morgan fingerprint density at radius 2 is 1.81 bits per heavy atom. The second-order valence-electron chi connectivity index (χ2n) is 4.71. The Hall–Kier alpha value is -1.91. The maximum Gasteiger partial charge on any atom is 0.259 e. The monoisotopic (exact) mass is 318 g/mol. The van der Waals surface area contributed by atoms with Crippen LogP contribution < -0.4 is 10.6 Å². The van der Waals surface area contributed by atoms with Crippen LogP contribution >= 0.6 is 23.8 Å². The van der Waals surface area contributed by atoms with Crippen LogP contribution in [0, 0.1) is 6.92 Å². The summed E-state index contributed by atoms with van der Waals surface area (Å²) in [4.78, 5) is 14.4. The van der Waals surface area contributed by atoms with Crippen molar-refractivity contribution in [1.29, 1.82) is 0 Å². The minimum atomic E-state index is -0.160.